The summed E-state index contributed by atoms with van der Waals surface area (Å²) < 4.78 is 1.97. The van der Waals surface area contributed by atoms with Crippen LogP contribution in [-0.4, -0.2) is 39.6 Å². The van der Waals surface area contributed by atoms with Crippen molar-refractivity contribution in [2.45, 2.75) is 33.2 Å². The van der Waals surface area contributed by atoms with Crippen molar-refractivity contribution in [3.05, 3.63) is 88.2 Å². The largest absolute Gasteiger partial charge is 0.366 e. The summed E-state index contributed by atoms with van der Waals surface area (Å²) in [5.74, 6) is -1.55. The first-order valence-corrected chi connectivity index (χ1v) is 10.9. The zero-order chi connectivity index (χ0) is 24.8. The lowest BCUT2D eigenvalue weighted by atomic mass is 9.90. The van der Waals surface area contributed by atoms with Crippen LogP contribution in [0.2, 0.25) is 0 Å². The Kier molecular flexibility index (Phi) is 5.61. The van der Waals surface area contributed by atoms with Gasteiger partial charge in [-0.2, -0.15) is 0 Å². The van der Waals surface area contributed by atoms with Crippen molar-refractivity contribution < 1.29 is 19.2 Å². The van der Waals surface area contributed by atoms with Crippen LogP contribution < -0.4 is 11.1 Å². The van der Waals surface area contributed by atoms with Crippen LogP contribution in [0.25, 0.3) is 5.69 Å². The zero-order valence-corrected chi connectivity index (χ0v) is 19.5. The van der Waals surface area contributed by atoms with E-state index in [1.54, 1.807) is 25.1 Å². The molecule has 1 aliphatic rings. The van der Waals surface area contributed by atoms with E-state index >= 15 is 0 Å². The van der Waals surface area contributed by atoms with Gasteiger partial charge in [-0.05, 0) is 63.6 Å². The summed E-state index contributed by atoms with van der Waals surface area (Å²) in [5.41, 5.74) is 8.68. The highest BCUT2D eigenvalue weighted by molar-refractivity contribution is 6.11. The van der Waals surface area contributed by atoms with Crippen molar-refractivity contribution in [1.82, 2.24) is 14.8 Å². The molecule has 8 heteroatoms. The number of amides is 4. The van der Waals surface area contributed by atoms with Crippen LogP contribution in [-0.2, 0) is 10.3 Å². The average Bonchev–Trinajstić information content (AvgIpc) is 3.22. The van der Waals surface area contributed by atoms with Gasteiger partial charge in [-0.3, -0.25) is 19.3 Å². The first-order valence-electron chi connectivity index (χ1n) is 10.9. The number of Topliss-reactive ketones (excluding diaryl/α,β-unsaturated/α-hetero) is 1. The third-order valence-corrected chi connectivity index (χ3v) is 6.32. The second kappa shape index (κ2) is 8.30. The monoisotopic (exact) mass is 458 g/mol. The van der Waals surface area contributed by atoms with Crippen molar-refractivity contribution in [3.8, 4) is 5.69 Å². The quantitative estimate of drug-likeness (QED) is 0.436. The molecule has 1 atom stereocenters. The van der Waals surface area contributed by atoms with Crippen LogP contribution in [0.15, 0.2) is 54.6 Å². The second-order valence-corrected chi connectivity index (χ2v) is 8.77. The first-order chi connectivity index (χ1) is 16.0. The SMILES string of the molecule is Cc1ccc(-n2c(C)cc(C(=O)CN3C(=O)NC(C)(c4cccc(C(N)=O)c4)C3=O)c2C)cc1. The Morgan fingerprint density at radius 3 is 2.32 bits per heavy atom. The van der Waals surface area contributed by atoms with Gasteiger partial charge in [0, 0.05) is 28.2 Å². The van der Waals surface area contributed by atoms with E-state index in [1.807, 2.05) is 49.6 Å². The van der Waals surface area contributed by atoms with Gasteiger partial charge < -0.3 is 15.6 Å². The molecular weight excluding hydrogens is 432 g/mol. The topological polar surface area (TPSA) is 114 Å². The molecule has 3 N–H and O–H groups in total. The van der Waals surface area contributed by atoms with Gasteiger partial charge >= 0.3 is 6.03 Å². The van der Waals surface area contributed by atoms with Crippen molar-refractivity contribution in [3.63, 3.8) is 0 Å². The summed E-state index contributed by atoms with van der Waals surface area (Å²) in [7, 11) is 0. The molecule has 1 aromatic heterocycles. The molecule has 0 aliphatic carbocycles. The number of aromatic nitrogens is 1. The number of benzene rings is 2. The number of urea groups is 1. The highest BCUT2D eigenvalue weighted by Gasteiger charge is 2.49. The Hall–Kier alpha value is -4.20. The molecule has 1 saturated heterocycles. The Bertz CT molecular complexity index is 1340. The minimum absolute atomic E-state index is 0.221. The molecule has 34 heavy (non-hydrogen) atoms. The molecule has 1 aliphatic heterocycles. The second-order valence-electron chi connectivity index (χ2n) is 8.77. The average molecular weight is 459 g/mol. The number of hydrogen-bond acceptors (Lipinski definition) is 4. The summed E-state index contributed by atoms with van der Waals surface area (Å²) >= 11 is 0. The number of aryl methyl sites for hydroxylation is 2. The molecule has 4 amide bonds. The van der Waals surface area contributed by atoms with Crippen molar-refractivity contribution in [2.24, 2.45) is 5.73 Å². The number of hydrogen-bond donors (Lipinski definition) is 2. The van der Waals surface area contributed by atoms with Crippen LogP contribution in [0.1, 0.15) is 50.2 Å². The van der Waals surface area contributed by atoms with Gasteiger partial charge in [0.2, 0.25) is 5.91 Å². The summed E-state index contributed by atoms with van der Waals surface area (Å²) in [4.78, 5) is 51.7. The minimum atomic E-state index is -1.42. The lowest BCUT2D eigenvalue weighted by molar-refractivity contribution is -0.130. The number of primary amides is 1. The number of carbonyl (C=O) groups is 4. The van der Waals surface area contributed by atoms with Crippen LogP contribution >= 0.6 is 0 Å². The Morgan fingerprint density at radius 1 is 1.00 bits per heavy atom. The standard InChI is InChI=1S/C26H26N4O4/c1-15-8-10-20(11-9-15)30-16(2)12-21(17(30)3)22(31)14-29-24(33)26(4,28-25(29)34)19-7-5-6-18(13-19)23(27)32/h5-13H,14H2,1-4H3,(H2,27,32)(H,28,34). The highest BCUT2D eigenvalue weighted by Crippen LogP contribution is 2.30. The van der Waals surface area contributed by atoms with E-state index in [-0.39, 0.29) is 11.3 Å². The Labute approximate surface area is 197 Å². The fraction of sp³-hybridized carbons (Fsp3) is 0.231. The maximum absolute atomic E-state index is 13.3. The van der Waals surface area contributed by atoms with Crippen molar-refractivity contribution in [1.29, 1.82) is 0 Å². The minimum Gasteiger partial charge on any atom is -0.366 e. The van der Waals surface area contributed by atoms with E-state index in [9.17, 15) is 19.2 Å². The van der Waals surface area contributed by atoms with Gasteiger partial charge in [0.15, 0.2) is 5.78 Å². The molecule has 4 rings (SSSR count). The van der Waals surface area contributed by atoms with Crippen molar-refractivity contribution >= 4 is 23.6 Å². The number of imide groups is 1. The fourth-order valence-corrected chi connectivity index (χ4v) is 4.38. The lowest BCUT2D eigenvalue weighted by Gasteiger charge is -2.22. The molecular formula is C26H26N4O4. The third-order valence-electron chi connectivity index (χ3n) is 6.32. The molecule has 3 aromatic rings. The molecule has 2 aromatic carbocycles. The predicted octanol–water partition coefficient (Wildman–Crippen LogP) is 3.15. The smallest absolute Gasteiger partial charge is 0.325 e. The number of nitrogens with zero attached hydrogens (tertiary/aromatic N) is 2. The van der Waals surface area contributed by atoms with Gasteiger partial charge in [-0.25, -0.2) is 4.79 Å². The molecule has 0 bridgehead atoms. The van der Waals surface area contributed by atoms with Gasteiger partial charge in [0.05, 0.1) is 6.54 Å². The molecule has 174 valence electrons. The van der Waals surface area contributed by atoms with Crippen LogP contribution in [0.3, 0.4) is 0 Å². The summed E-state index contributed by atoms with van der Waals surface area (Å²) in [6, 6.07) is 15.3. The molecule has 0 saturated carbocycles. The van der Waals surface area contributed by atoms with Crippen LogP contribution in [0.5, 0.6) is 0 Å². The predicted molar refractivity (Wildman–Crippen MR) is 127 cm³/mol. The number of carbonyl (C=O) groups excluding carboxylic acids is 4. The normalized spacial score (nSPS) is 17.7. The van der Waals surface area contributed by atoms with Gasteiger partial charge in [0.25, 0.3) is 5.91 Å². The van der Waals surface area contributed by atoms with Gasteiger partial charge in [0.1, 0.15) is 5.54 Å². The molecule has 0 radical (unpaired) electrons. The summed E-state index contributed by atoms with van der Waals surface area (Å²) in [6.07, 6.45) is 0. The number of rotatable bonds is 6. The molecule has 1 fully saturated rings. The van der Waals surface area contributed by atoms with E-state index < -0.39 is 29.9 Å². The third kappa shape index (κ3) is 3.77. The molecule has 0 spiro atoms. The van der Waals surface area contributed by atoms with Gasteiger partial charge in [-0.15, -0.1) is 0 Å². The van der Waals surface area contributed by atoms with E-state index in [0.717, 1.165) is 27.5 Å². The van der Waals surface area contributed by atoms with E-state index in [1.165, 1.54) is 12.1 Å². The van der Waals surface area contributed by atoms with E-state index in [4.69, 9.17) is 5.73 Å². The molecule has 1 unspecified atom stereocenters. The number of nitrogens with one attached hydrogen (secondary N) is 1. The first kappa shape index (κ1) is 23.0. The van der Waals surface area contributed by atoms with E-state index in [0.29, 0.717) is 11.1 Å². The summed E-state index contributed by atoms with van der Waals surface area (Å²) in [6.45, 7) is 6.89. The fourth-order valence-electron chi connectivity index (χ4n) is 4.38. The zero-order valence-electron chi connectivity index (χ0n) is 19.5. The number of nitrogens with two attached hydrogens (primary N) is 1. The lowest BCUT2D eigenvalue weighted by Crippen LogP contribution is -2.41. The maximum atomic E-state index is 13.3. The van der Waals surface area contributed by atoms with Crippen molar-refractivity contribution in [2.75, 3.05) is 6.54 Å². The number of ketones is 1. The Morgan fingerprint density at radius 2 is 1.68 bits per heavy atom. The van der Waals surface area contributed by atoms with Gasteiger partial charge in [-0.1, -0.05) is 29.8 Å². The highest BCUT2D eigenvalue weighted by atomic mass is 16.2. The molecule has 2 heterocycles. The summed E-state index contributed by atoms with van der Waals surface area (Å²) in [5, 5.41) is 2.66. The van der Waals surface area contributed by atoms with Crippen LogP contribution in [0, 0.1) is 20.8 Å². The maximum Gasteiger partial charge on any atom is 0.325 e. The van der Waals surface area contributed by atoms with Crippen LogP contribution in [0.4, 0.5) is 4.79 Å². The molecule has 8 nitrogen and oxygen atoms in total. The Balaban J connectivity index is 1.61. The van der Waals surface area contributed by atoms with E-state index in [2.05, 4.69) is 5.32 Å².